The fraction of sp³-hybridized carbons (Fsp3) is 0.522. The average Bonchev–Trinajstić information content (AvgIpc) is 3.23. The minimum Gasteiger partial charge on any atom is -0.460 e. The fourth-order valence-corrected chi connectivity index (χ4v) is 4.35. The summed E-state index contributed by atoms with van der Waals surface area (Å²) in [6.45, 7) is 4.29. The summed E-state index contributed by atoms with van der Waals surface area (Å²) in [6.07, 6.45) is -0.469. The van der Waals surface area contributed by atoms with Crippen LogP contribution < -0.4 is 11.1 Å². The van der Waals surface area contributed by atoms with Crippen molar-refractivity contribution in [3.05, 3.63) is 35.9 Å². The molecule has 3 N–H and O–H groups in total. The molecule has 4 amide bonds. The smallest absolute Gasteiger partial charge is 0.411 e. The predicted molar refractivity (Wildman–Crippen MR) is 119 cm³/mol. The van der Waals surface area contributed by atoms with E-state index in [2.05, 4.69) is 5.32 Å². The highest BCUT2D eigenvalue weighted by molar-refractivity contribution is 5.99. The minimum absolute atomic E-state index is 0.0960. The molecule has 34 heavy (non-hydrogen) atoms. The molecule has 1 aromatic carbocycles. The zero-order valence-electron chi connectivity index (χ0n) is 19.5. The van der Waals surface area contributed by atoms with Gasteiger partial charge in [0, 0.05) is 13.5 Å². The molecule has 0 aliphatic carbocycles. The van der Waals surface area contributed by atoms with Gasteiger partial charge in [0.2, 0.25) is 11.8 Å². The topological polar surface area (TPSA) is 148 Å². The highest BCUT2D eigenvalue weighted by Crippen LogP contribution is 2.39. The lowest BCUT2D eigenvalue weighted by atomic mass is 9.85. The lowest BCUT2D eigenvalue weighted by Gasteiger charge is -2.50. The fourth-order valence-electron chi connectivity index (χ4n) is 4.35. The Morgan fingerprint density at radius 3 is 2.50 bits per heavy atom. The summed E-state index contributed by atoms with van der Waals surface area (Å²) in [4.78, 5) is 64.3. The Kier molecular flexibility index (Phi) is 7.13. The van der Waals surface area contributed by atoms with Crippen LogP contribution >= 0.6 is 0 Å². The zero-order chi connectivity index (χ0) is 25.1. The molecule has 11 nitrogen and oxygen atoms in total. The third-order valence-corrected chi connectivity index (χ3v) is 6.45. The Bertz CT molecular complexity index is 985. The number of nitrogens with two attached hydrogens (primary N) is 1. The van der Waals surface area contributed by atoms with Crippen molar-refractivity contribution in [1.82, 2.24) is 15.1 Å². The summed E-state index contributed by atoms with van der Waals surface area (Å²) in [5, 5.41) is 2.48. The molecule has 2 fully saturated rings. The molecule has 0 aromatic heterocycles. The van der Waals surface area contributed by atoms with E-state index >= 15 is 0 Å². The SMILES string of the molecule is CC(=O)O[C@H](C)[C@@](C)(NC(=O)CN1CC2(CCCN2C(=O)OCc2ccccc2)C1=O)C(N)=O. The molecule has 3 rings (SSSR count). The monoisotopic (exact) mass is 474 g/mol. The first-order chi connectivity index (χ1) is 16.0. The van der Waals surface area contributed by atoms with Crippen LogP contribution in [0.1, 0.15) is 39.2 Å². The molecule has 2 aliphatic heterocycles. The van der Waals surface area contributed by atoms with Crippen molar-refractivity contribution in [3.8, 4) is 0 Å². The van der Waals surface area contributed by atoms with Gasteiger partial charge in [-0.1, -0.05) is 30.3 Å². The molecule has 0 saturated carbocycles. The number of esters is 1. The molecule has 1 unspecified atom stereocenters. The molecule has 2 saturated heterocycles. The van der Waals surface area contributed by atoms with Crippen LogP contribution in [0.25, 0.3) is 0 Å². The minimum atomic E-state index is -1.66. The molecule has 0 bridgehead atoms. The van der Waals surface area contributed by atoms with E-state index in [1.54, 1.807) is 0 Å². The summed E-state index contributed by atoms with van der Waals surface area (Å²) in [7, 11) is 0. The maximum Gasteiger partial charge on any atom is 0.411 e. The molecule has 2 aliphatic rings. The van der Waals surface area contributed by atoms with Crippen molar-refractivity contribution in [2.24, 2.45) is 5.73 Å². The van der Waals surface area contributed by atoms with E-state index in [1.807, 2.05) is 30.3 Å². The molecular formula is C23H30N4O7. The van der Waals surface area contributed by atoms with Crippen molar-refractivity contribution in [2.45, 2.75) is 57.4 Å². The number of β-lactam (4-membered cyclic amide) rings is 1. The van der Waals surface area contributed by atoms with Gasteiger partial charge in [0.15, 0.2) is 5.54 Å². The number of hydrogen-bond acceptors (Lipinski definition) is 7. The predicted octanol–water partition coefficient (Wildman–Crippen LogP) is 0.312. The number of carbonyl (C=O) groups is 5. The van der Waals surface area contributed by atoms with Gasteiger partial charge < -0.3 is 25.4 Å². The van der Waals surface area contributed by atoms with E-state index < -0.39 is 41.1 Å². The number of hydrogen-bond donors (Lipinski definition) is 2. The Morgan fingerprint density at radius 2 is 1.91 bits per heavy atom. The van der Waals surface area contributed by atoms with Crippen LogP contribution in [0.2, 0.25) is 0 Å². The van der Waals surface area contributed by atoms with Gasteiger partial charge in [-0.3, -0.25) is 24.1 Å². The number of rotatable bonds is 8. The number of nitrogens with one attached hydrogen (secondary N) is 1. The highest BCUT2D eigenvalue weighted by atomic mass is 16.6. The quantitative estimate of drug-likeness (QED) is 0.407. The van der Waals surface area contributed by atoms with Gasteiger partial charge in [-0.15, -0.1) is 0 Å². The van der Waals surface area contributed by atoms with E-state index in [4.69, 9.17) is 15.2 Å². The van der Waals surface area contributed by atoms with Crippen LogP contribution in [0.15, 0.2) is 30.3 Å². The second-order valence-corrected chi connectivity index (χ2v) is 8.85. The van der Waals surface area contributed by atoms with E-state index in [9.17, 15) is 24.0 Å². The molecule has 0 radical (unpaired) electrons. The van der Waals surface area contributed by atoms with Gasteiger partial charge in [0.05, 0.1) is 13.1 Å². The number of ether oxygens (including phenoxy) is 2. The maximum absolute atomic E-state index is 13.0. The van der Waals surface area contributed by atoms with Gasteiger partial charge in [0.1, 0.15) is 18.2 Å². The Morgan fingerprint density at radius 1 is 1.24 bits per heavy atom. The summed E-state index contributed by atoms with van der Waals surface area (Å²) in [5.41, 5.74) is 3.59. The van der Waals surface area contributed by atoms with Gasteiger partial charge in [-0.05, 0) is 32.3 Å². The molecule has 1 spiro atoms. The Labute approximate surface area is 197 Å². The normalized spacial score (nSPS) is 21.9. The molecule has 184 valence electrons. The van der Waals surface area contributed by atoms with E-state index in [0.29, 0.717) is 19.4 Å². The van der Waals surface area contributed by atoms with Crippen molar-refractivity contribution in [3.63, 3.8) is 0 Å². The van der Waals surface area contributed by atoms with Crippen molar-refractivity contribution < 1.29 is 33.4 Å². The van der Waals surface area contributed by atoms with Crippen LogP contribution in [0, 0.1) is 0 Å². The number of benzene rings is 1. The summed E-state index contributed by atoms with van der Waals surface area (Å²) >= 11 is 0. The first-order valence-corrected chi connectivity index (χ1v) is 11.1. The molecule has 2 heterocycles. The van der Waals surface area contributed by atoms with Gasteiger partial charge >= 0.3 is 12.1 Å². The van der Waals surface area contributed by atoms with Crippen molar-refractivity contribution in [1.29, 1.82) is 0 Å². The van der Waals surface area contributed by atoms with Crippen LogP contribution in [0.5, 0.6) is 0 Å². The third-order valence-electron chi connectivity index (χ3n) is 6.45. The van der Waals surface area contributed by atoms with Gasteiger partial charge in [-0.2, -0.15) is 0 Å². The maximum atomic E-state index is 13.0. The van der Waals surface area contributed by atoms with E-state index in [-0.39, 0.29) is 25.6 Å². The zero-order valence-corrected chi connectivity index (χ0v) is 19.5. The van der Waals surface area contributed by atoms with Crippen LogP contribution in [-0.2, 0) is 35.3 Å². The number of carbonyl (C=O) groups excluding carboxylic acids is 5. The van der Waals surface area contributed by atoms with E-state index in [0.717, 1.165) is 5.56 Å². The molecular weight excluding hydrogens is 444 g/mol. The average molecular weight is 475 g/mol. The molecule has 1 aromatic rings. The van der Waals surface area contributed by atoms with Crippen LogP contribution in [0.4, 0.5) is 4.79 Å². The van der Waals surface area contributed by atoms with Crippen LogP contribution in [0.3, 0.4) is 0 Å². The van der Waals surface area contributed by atoms with Crippen molar-refractivity contribution >= 4 is 29.8 Å². The highest BCUT2D eigenvalue weighted by Gasteiger charge is 2.60. The number of nitrogens with zero attached hydrogens (tertiary/aromatic N) is 2. The first kappa shape index (κ1) is 25.0. The Balaban J connectivity index is 1.59. The largest absolute Gasteiger partial charge is 0.460 e. The third kappa shape index (κ3) is 4.82. The second kappa shape index (κ2) is 9.70. The van der Waals surface area contributed by atoms with Crippen LogP contribution in [-0.4, -0.2) is 76.4 Å². The van der Waals surface area contributed by atoms with Crippen molar-refractivity contribution in [2.75, 3.05) is 19.6 Å². The molecule has 3 atom stereocenters. The standard InChI is InChI=1S/C23H30N4O7/c1-15(34-16(2)28)22(3,19(24)30)25-18(29)12-26-14-23(20(26)31)10-7-11-27(23)21(32)33-13-17-8-5-4-6-9-17/h4-6,8-9,15H,7,10-14H2,1-3H3,(H2,24,30)(H,25,29)/t15-,22-,23?/m1/s1. The molecule has 11 heteroatoms. The van der Waals surface area contributed by atoms with Gasteiger partial charge in [0.25, 0.3) is 5.91 Å². The summed E-state index contributed by atoms with van der Waals surface area (Å²) in [6, 6.07) is 9.22. The summed E-state index contributed by atoms with van der Waals surface area (Å²) < 4.78 is 10.4. The van der Waals surface area contributed by atoms with Gasteiger partial charge in [-0.25, -0.2) is 4.79 Å². The first-order valence-electron chi connectivity index (χ1n) is 11.1. The number of likely N-dealkylation sites (tertiary alicyclic amines) is 2. The number of amides is 4. The Hall–Kier alpha value is -3.63. The second-order valence-electron chi connectivity index (χ2n) is 8.85. The number of primary amides is 1. The lowest BCUT2D eigenvalue weighted by molar-refractivity contribution is -0.162. The lowest BCUT2D eigenvalue weighted by Crippen LogP contribution is -2.74. The van der Waals surface area contributed by atoms with E-state index in [1.165, 1.54) is 30.6 Å². The summed E-state index contributed by atoms with van der Waals surface area (Å²) in [5.74, 6) is -2.51.